The zero-order valence-electron chi connectivity index (χ0n) is 16.4. The summed E-state index contributed by atoms with van der Waals surface area (Å²) in [5, 5.41) is 12.9. The molecule has 0 amide bonds. The van der Waals surface area contributed by atoms with Crippen molar-refractivity contribution in [3.8, 4) is 27.7 Å². The molecule has 3 heterocycles. The minimum atomic E-state index is 0.751. The van der Waals surface area contributed by atoms with Crippen LogP contribution >= 0.6 is 23.1 Å². The molecule has 0 aliphatic carbocycles. The third-order valence-corrected chi connectivity index (χ3v) is 6.41. The van der Waals surface area contributed by atoms with Crippen LogP contribution in [0.25, 0.3) is 22.0 Å². The number of hydrogen-bond donors (Lipinski definition) is 0. The summed E-state index contributed by atoms with van der Waals surface area (Å²) in [6.45, 7) is 3.08. The van der Waals surface area contributed by atoms with Crippen LogP contribution in [0.3, 0.4) is 0 Å². The van der Waals surface area contributed by atoms with Crippen molar-refractivity contribution < 1.29 is 9.15 Å². The summed E-state index contributed by atoms with van der Waals surface area (Å²) < 4.78 is 12.6. The van der Waals surface area contributed by atoms with Crippen LogP contribution in [0.4, 0.5) is 0 Å². The van der Waals surface area contributed by atoms with E-state index < -0.39 is 0 Å². The van der Waals surface area contributed by atoms with Crippen molar-refractivity contribution in [2.75, 3.05) is 7.11 Å². The average Bonchev–Trinajstić information content (AvgIpc) is 3.51. The van der Waals surface area contributed by atoms with E-state index in [2.05, 4.69) is 27.1 Å². The Balaban J connectivity index is 1.52. The molecule has 0 N–H and O–H groups in total. The fourth-order valence-corrected chi connectivity index (χ4v) is 4.67. The molecule has 6 nitrogen and oxygen atoms in total. The first kappa shape index (κ1) is 19.7. The summed E-state index contributed by atoms with van der Waals surface area (Å²) in [4.78, 5) is 4.71. The average molecular weight is 427 g/mol. The number of hydrogen-bond acceptors (Lipinski definition) is 7. The Morgan fingerprint density at radius 2 is 2.00 bits per heavy atom. The van der Waals surface area contributed by atoms with Gasteiger partial charge in [0, 0.05) is 28.8 Å². The van der Waals surface area contributed by atoms with Crippen LogP contribution in [0.15, 0.2) is 57.8 Å². The van der Waals surface area contributed by atoms with E-state index in [0.717, 1.165) is 63.7 Å². The predicted octanol–water partition coefficient (Wildman–Crippen LogP) is 5.76. The van der Waals surface area contributed by atoms with Gasteiger partial charge in [0.25, 0.3) is 0 Å². The molecule has 0 bridgehead atoms. The molecule has 0 radical (unpaired) electrons. The molecule has 0 atom stereocenters. The highest BCUT2D eigenvalue weighted by molar-refractivity contribution is 7.98. The first-order chi connectivity index (χ1) is 14.3. The van der Waals surface area contributed by atoms with Crippen molar-refractivity contribution in [3.63, 3.8) is 0 Å². The highest BCUT2D eigenvalue weighted by atomic mass is 32.2. The van der Waals surface area contributed by atoms with Crippen LogP contribution in [-0.2, 0) is 12.3 Å². The van der Waals surface area contributed by atoms with Gasteiger partial charge in [-0.3, -0.25) is 0 Å². The number of furan rings is 1. The van der Waals surface area contributed by atoms with Crippen LogP contribution in [-0.4, -0.2) is 26.9 Å². The van der Waals surface area contributed by atoms with E-state index in [4.69, 9.17) is 14.1 Å². The molecular formula is C21H22N4O2S2. The van der Waals surface area contributed by atoms with Gasteiger partial charge in [0.05, 0.1) is 19.1 Å². The third kappa shape index (κ3) is 4.54. The minimum Gasteiger partial charge on any atom is -0.497 e. The normalized spacial score (nSPS) is 11.1. The standard InChI is InChI=1S/C21H22N4O2S2/c1-3-4-10-25-19(15-5-7-18(26-2)8-6-15)23-24-21(25)29-14-17-13-28-20(22-17)16-9-11-27-12-16/h5-9,11-13H,3-4,10,14H2,1-2H3. The summed E-state index contributed by atoms with van der Waals surface area (Å²) in [6.07, 6.45) is 5.58. The van der Waals surface area contributed by atoms with Crippen molar-refractivity contribution in [3.05, 3.63) is 53.9 Å². The topological polar surface area (TPSA) is 66.0 Å². The number of thioether (sulfide) groups is 1. The Bertz CT molecular complexity index is 1040. The zero-order chi connectivity index (χ0) is 20.1. The Labute approximate surface area is 178 Å². The molecule has 4 rings (SSSR count). The Kier molecular flexibility index (Phi) is 6.31. The molecule has 0 unspecified atom stereocenters. The molecule has 150 valence electrons. The van der Waals surface area contributed by atoms with E-state index in [1.165, 1.54) is 0 Å². The largest absolute Gasteiger partial charge is 0.497 e. The summed E-state index contributed by atoms with van der Waals surface area (Å²) >= 11 is 3.30. The molecule has 0 aliphatic heterocycles. The van der Waals surface area contributed by atoms with Crippen LogP contribution in [0, 0.1) is 0 Å². The SMILES string of the molecule is CCCCn1c(SCc2csc(-c3ccoc3)n2)nnc1-c1ccc(OC)cc1. The fraction of sp³-hybridized carbons (Fsp3) is 0.286. The van der Waals surface area contributed by atoms with Gasteiger partial charge in [-0.2, -0.15) is 0 Å². The number of unbranched alkanes of at least 4 members (excludes halogenated alkanes) is 1. The van der Waals surface area contributed by atoms with Gasteiger partial charge in [0.15, 0.2) is 11.0 Å². The number of ether oxygens (including phenoxy) is 1. The number of methoxy groups -OCH3 is 1. The Morgan fingerprint density at radius 1 is 1.14 bits per heavy atom. The highest BCUT2D eigenvalue weighted by Crippen LogP contribution is 2.30. The van der Waals surface area contributed by atoms with E-state index in [0.29, 0.717) is 0 Å². The van der Waals surface area contributed by atoms with E-state index in [9.17, 15) is 0 Å². The van der Waals surface area contributed by atoms with Crippen LogP contribution in [0.2, 0.25) is 0 Å². The van der Waals surface area contributed by atoms with Gasteiger partial charge in [-0.15, -0.1) is 21.5 Å². The van der Waals surface area contributed by atoms with E-state index in [1.807, 2.05) is 30.3 Å². The number of benzene rings is 1. The molecule has 0 fully saturated rings. The lowest BCUT2D eigenvalue weighted by Crippen LogP contribution is -2.02. The second-order valence-electron chi connectivity index (χ2n) is 6.48. The monoisotopic (exact) mass is 426 g/mol. The van der Waals surface area contributed by atoms with Crippen LogP contribution in [0.1, 0.15) is 25.5 Å². The summed E-state index contributed by atoms with van der Waals surface area (Å²) in [5.41, 5.74) is 3.09. The van der Waals surface area contributed by atoms with Gasteiger partial charge in [0.2, 0.25) is 0 Å². The lowest BCUT2D eigenvalue weighted by atomic mass is 10.2. The van der Waals surface area contributed by atoms with Gasteiger partial charge in [-0.25, -0.2) is 4.98 Å². The molecule has 0 spiro atoms. The van der Waals surface area contributed by atoms with Gasteiger partial charge >= 0.3 is 0 Å². The zero-order valence-corrected chi connectivity index (χ0v) is 18.0. The van der Waals surface area contributed by atoms with Gasteiger partial charge < -0.3 is 13.7 Å². The second-order valence-corrected chi connectivity index (χ2v) is 8.29. The van der Waals surface area contributed by atoms with Crippen LogP contribution in [0.5, 0.6) is 5.75 Å². The van der Waals surface area contributed by atoms with Crippen molar-refractivity contribution >= 4 is 23.1 Å². The second kappa shape index (κ2) is 9.28. The van der Waals surface area contributed by atoms with E-state index in [1.54, 1.807) is 42.7 Å². The molecule has 3 aromatic heterocycles. The Morgan fingerprint density at radius 3 is 2.72 bits per heavy atom. The Hall–Kier alpha value is -2.58. The number of rotatable bonds is 9. The molecule has 4 aromatic rings. The molecule has 1 aromatic carbocycles. The van der Waals surface area contributed by atoms with Crippen LogP contribution < -0.4 is 4.74 Å². The molecule has 8 heteroatoms. The summed E-state index contributed by atoms with van der Waals surface area (Å²) in [6, 6.07) is 9.88. The predicted molar refractivity (Wildman–Crippen MR) is 116 cm³/mol. The van der Waals surface area contributed by atoms with E-state index >= 15 is 0 Å². The fourth-order valence-electron chi connectivity index (χ4n) is 2.90. The van der Waals surface area contributed by atoms with E-state index in [-0.39, 0.29) is 0 Å². The van der Waals surface area contributed by atoms with Crippen molar-refractivity contribution in [2.24, 2.45) is 0 Å². The smallest absolute Gasteiger partial charge is 0.191 e. The van der Waals surface area contributed by atoms with Gasteiger partial charge in [0.1, 0.15) is 17.0 Å². The molecule has 29 heavy (non-hydrogen) atoms. The third-order valence-electron chi connectivity index (χ3n) is 4.47. The highest BCUT2D eigenvalue weighted by Gasteiger charge is 2.15. The van der Waals surface area contributed by atoms with Gasteiger partial charge in [-0.1, -0.05) is 25.1 Å². The van der Waals surface area contributed by atoms with Crippen molar-refractivity contribution in [1.82, 2.24) is 19.7 Å². The minimum absolute atomic E-state index is 0.751. The number of nitrogens with zero attached hydrogens (tertiary/aromatic N) is 4. The molecule has 0 saturated carbocycles. The van der Waals surface area contributed by atoms with Crippen molar-refractivity contribution in [2.45, 2.75) is 37.2 Å². The molecular weight excluding hydrogens is 404 g/mol. The quantitative estimate of drug-likeness (QED) is 0.317. The van der Waals surface area contributed by atoms with Crippen molar-refractivity contribution in [1.29, 1.82) is 0 Å². The number of aromatic nitrogens is 4. The maximum absolute atomic E-state index is 5.26. The summed E-state index contributed by atoms with van der Waals surface area (Å²) in [7, 11) is 1.67. The molecule has 0 aliphatic rings. The lowest BCUT2D eigenvalue weighted by molar-refractivity contribution is 0.415. The maximum atomic E-state index is 5.26. The lowest BCUT2D eigenvalue weighted by Gasteiger charge is -2.09. The molecule has 0 saturated heterocycles. The van der Waals surface area contributed by atoms with Gasteiger partial charge in [-0.05, 0) is 36.8 Å². The first-order valence-corrected chi connectivity index (χ1v) is 11.3. The maximum Gasteiger partial charge on any atom is 0.191 e. The number of thiazole rings is 1. The first-order valence-electron chi connectivity index (χ1n) is 9.46. The summed E-state index contributed by atoms with van der Waals surface area (Å²) in [5.74, 6) is 2.47.